The molecular weight excluding hydrogens is 162 g/mol. The Hall–Kier alpha value is -1.37. The topological polar surface area (TPSA) is 75.8 Å². The molecule has 0 aromatic heterocycles. The Morgan fingerprint density at radius 2 is 2.23 bits per heavy atom. The first-order valence-electron chi connectivity index (χ1n) is 4.19. The van der Waals surface area contributed by atoms with E-state index in [1.807, 2.05) is 24.3 Å². The minimum Gasteiger partial charge on any atom is -0.329 e. The molecular formula is C10H13N3. The number of nitrogens with zero attached hydrogens (tertiary/aromatic N) is 1. The van der Waals surface area contributed by atoms with Gasteiger partial charge in [-0.05, 0) is 11.1 Å². The van der Waals surface area contributed by atoms with Crippen LogP contribution in [-0.4, -0.2) is 6.54 Å². The van der Waals surface area contributed by atoms with Crippen molar-refractivity contribution in [3.8, 4) is 6.07 Å². The average molecular weight is 175 g/mol. The SMILES string of the molecule is N#CCc1cccc(C(N)CN)c1. The fourth-order valence-electron chi connectivity index (χ4n) is 1.16. The summed E-state index contributed by atoms with van der Waals surface area (Å²) in [6.07, 6.45) is 0.422. The second-order valence-corrected chi connectivity index (χ2v) is 2.92. The largest absolute Gasteiger partial charge is 0.329 e. The summed E-state index contributed by atoms with van der Waals surface area (Å²) in [5, 5.41) is 8.50. The normalized spacial score (nSPS) is 12.1. The second kappa shape index (κ2) is 4.61. The number of nitriles is 1. The minimum absolute atomic E-state index is 0.126. The molecule has 0 radical (unpaired) electrons. The molecule has 68 valence electrons. The third-order valence-corrected chi connectivity index (χ3v) is 1.92. The van der Waals surface area contributed by atoms with Crippen LogP contribution in [0.5, 0.6) is 0 Å². The van der Waals surface area contributed by atoms with E-state index in [-0.39, 0.29) is 6.04 Å². The summed E-state index contributed by atoms with van der Waals surface area (Å²) in [6, 6.07) is 9.64. The first-order valence-corrected chi connectivity index (χ1v) is 4.19. The molecule has 0 saturated carbocycles. The summed E-state index contributed by atoms with van der Waals surface area (Å²) >= 11 is 0. The first kappa shape index (κ1) is 9.72. The highest BCUT2D eigenvalue weighted by Crippen LogP contribution is 2.11. The van der Waals surface area contributed by atoms with Gasteiger partial charge in [-0.15, -0.1) is 0 Å². The summed E-state index contributed by atoms with van der Waals surface area (Å²) in [5.41, 5.74) is 13.2. The van der Waals surface area contributed by atoms with Crippen molar-refractivity contribution in [3.63, 3.8) is 0 Å². The van der Waals surface area contributed by atoms with Crippen LogP contribution in [0.15, 0.2) is 24.3 Å². The van der Waals surface area contributed by atoms with Gasteiger partial charge in [-0.2, -0.15) is 5.26 Å². The van der Waals surface area contributed by atoms with E-state index in [1.54, 1.807) is 0 Å². The standard InChI is InChI=1S/C10H13N3/c11-5-4-8-2-1-3-9(6-8)10(13)7-12/h1-3,6,10H,4,7,12-13H2. The summed E-state index contributed by atoms with van der Waals surface area (Å²) in [7, 11) is 0. The molecule has 1 aromatic rings. The van der Waals surface area contributed by atoms with Gasteiger partial charge in [0.15, 0.2) is 0 Å². The summed E-state index contributed by atoms with van der Waals surface area (Å²) in [5.74, 6) is 0. The Kier molecular flexibility index (Phi) is 3.44. The molecule has 0 aliphatic carbocycles. The smallest absolute Gasteiger partial charge is 0.0669 e. The van der Waals surface area contributed by atoms with Crippen molar-refractivity contribution in [1.82, 2.24) is 0 Å². The van der Waals surface area contributed by atoms with Crippen LogP contribution in [0.1, 0.15) is 17.2 Å². The predicted molar refractivity (Wildman–Crippen MR) is 51.7 cm³/mol. The van der Waals surface area contributed by atoms with Crippen molar-refractivity contribution in [2.24, 2.45) is 11.5 Å². The van der Waals surface area contributed by atoms with E-state index in [0.717, 1.165) is 11.1 Å². The molecule has 0 spiro atoms. The molecule has 3 nitrogen and oxygen atoms in total. The van der Waals surface area contributed by atoms with E-state index in [0.29, 0.717) is 13.0 Å². The number of hydrogen-bond donors (Lipinski definition) is 2. The second-order valence-electron chi connectivity index (χ2n) is 2.92. The molecule has 0 amide bonds. The molecule has 0 fully saturated rings. The number of rotatable bonds is 3. The minimum atomic E-state index is -0.126. The van der Waals surface area contributed by atoms with Crippen molar-refractivity contribution in [2.45, 2.75) is 12.5 Å². The van der Waals surface area contributed by atoms with Gasteiger partial charge in [0.2, 0.25) is 0 Å². The third kappa shape index (κ3) is 2.55. The predicted octanol–water partition coefficient (Wildman–Crippen LogP) is 0.711. The molecule has 1 aromatic carbocycles. The highest BCUT2D eigenvalue weighted by Gasteiger charge is 2.03. The summed E-state index contributed by atoms with van der Waals surface area (Å²) in [4.78, 5) is 0. The lowest BCUT2D eigenvalue weighted by Crippen LogP contribution is -2.20. The van der Waals surface area contributed by atoms with E-state index < -0.39 is 0 Å². The van der Waals surface area contributed by atoms with Crippen LogP contribution in [0.25, 0.3) is 0 Å². The van der Waals surface area contributed by atoms with Crippen molar-refractivity contribution in [2.75, 3.05) is 6.54 Å². The Morgan fingerprint density at radius 3 is 2.85 bits per heavy atom. The van der Waals surface area contributed by atoms with Crippen LogP contribution < -0.4 is 11.5 Å². The van der Waals surface area contributed by atoms with E-state index in [2.05, 4.69) is 6.07 Å². The van der Waals surface area contributed by atoms with Crippen LogP contribution in [0.4, 0.5) is 0 Å². The fraction of sp³-hybridized carbons (Fsp3) is 0.300. The average Bonchev–Trinajstić information content (AvgIpc) is 2.18. The molecule has 13 heavy (non-hydrogen) atoms. The lowest BCUT2D eigenvalue weighted by Gasteiger charge is -2.09. The van der Waals surface area contributed by atoms with Crippen LogP contribution in [0.3, 0.4) is 0 Å². The van der Waals surface area contributed by atoms with Crippen molar-refractivity contribution in [1.29, 1.82) is 5.26 Å². The Balaban J connectivity index is 2.86. The van der Waals surface area contributed by atoms with Gasteiger partial charge in [0.1, 0.15) is 0 Å². The van der Waals surface area contributed by atoms with Gasteiger partial charge in [0, 0.05) is 12.6 Å². The van der Waals surface area contributed by atoms with Gasteiger partial charge in [-0.3, -0.25) is 0 Å². The molecule has 0 saturated heterocycles. The van der Waals surface area contributed by atoms with E-state index >= 15 is 0 Å². The van der Waals surface area contributed by atoms with Crippen LogP contribution >= 0.6 is 0 Å². The first-order chi connectivity index (χ1) is 6.27. The summed E-state index contributed by atoms with van der Waals surface area (Å²) in [6.45, 7) is 0.427. The number of nitrogens with two attached hydrogens (primary N) is 2. The summed E-state index contributed by atoms with van der Waals surface area (Å²) < 4.78 is 0. The molecule has 0 aliphatic rings. The zero-order valence-corrected chi connectivity index (χ0v) is 7.40. The van der Waals surface area contributed by atoms with Gasteiger partial charge in [0.05, 0.1) is 12.5 Å². The van der Waals surface area contributed by atoms with Crippen LogP contribution in [0, 0.1) is 11.3 Å². The zero-order valence-electron chi connectivity index (χ0n) is 7.40. The third-order valence-electron chi connectivity index (χ3n) is 1.92. The quantitative estimate of drug-likeness (QED) is 0.710. The molecule has 0 heterocycles. The molecule has 0 aliphatic heterocycles. The fourth-order valence-corrected chi connectivity index (χ4v) is 1.16. The Morgan fingerprint density at radius 1 is 1.46 bits per heavy atom. The maximum absolute atomic E-state index is 8.50. The number of hydrogen-bond acceptors (Lipinski definition) is 3. The van der Waals surface area contributed by atoms with Gasteiger partial charge in [0.25, 0.3) is 0 Å². The molecule has 4 N–H and O–H groups in total. The maximum Gasteiger partial charge on any atom is 0.0669 e. The van der Waals surface area contributed by atoms with Gasteiger partial charge in [-0.25, -0.2) is 0 Å². The zero-order chi connectivity index (χ0) is 9.68. The lowest BCUT2D eigenvalue weighted by atomic mass is 10.0. The Labute approximate surface area is 78.0 Å². The van der Waals surface area contributed by atoms with Gasteiger partial charge < -0.3 is 11.5 Å². The monoisotopic (exact) mass is 175 g/mol. The molecule has 3 heteroatoms. The molecule has 1 unspecified atom stereocenters. The highest BCUT2D eigenvalue weighted by atomic mass is 14.7. The van der Waals surface area contributed by atoms with Crippen LogP contribution in [0.2, 0.25) is 0 Å². The van der Waals surface area contributed by atoms with Gasteiger partial charge in [-0.1, -0.05) is 24.3 Å². The Bertz CT molecular complexity index is 314. The van der Waals surface area contributed by atoms with E-state index in [4.69, 9.17) is 16.7 Å². The maximum atomic E-state index is 8.50. The van der Waals surface area contributed by atoms with E-state index in [9.17, 15) is 0 Å². The molecule has 1 rings (SSSR count). The van der Waals surface area contributed by atoms with Crippen molar-refractivity contribution >= 4 is 0 Å². The molecule has 1 atom stereocenters. The highest BCUT2D eigenvalue weighted by molar-refractivity contribution is 5.27. The van der Waals surface area contributed by atoms with Crippen molar-refractivity contribution in [3.05, 3.63) is 35.4 Å². The van der Waals surface area contributed by atoms with Crippen LogP contribution in [-0.2, 0) is 6.42 Å². The van der Waals surface area contributed by atoms with E-state index in [1.165, 1.54) is 0 Å². The van der Waals surface area contributed by atoms with Crippen molar-refractivity contribution < 1.29 is 0 Å². The molecule has 0 bridgehead atoms. The number of benzene rings is 1. The van der Waals surface area contributed by atoms with Gasteiger partial charge >= 0.3 is 0 Å². The lowest BCUT2D eigenvalue weighted by molar-refractivity contribution is 0.736.